The quantitative estimate of drug-likeness (QED) is 0.383. The Balaban J connectivity index is 3.11. The van der Waals surface area contributed by atoms with Gasteiger partial charge in [0.2, 0.25) is 0 Å². The fourth-order valence-electron chi connectivity index (χ4n) is 1.94. The molecular formula is C14H20O5. The van der Waals surface area contributed by atoms with Gasteiger partial charge in [-0.25, -0.2) is 4.79 Å². The molecule has 0 saturated heterocycles. The van der Waals surface area contributed by atoms with Crippen molar-refractivity contribution in [3.63, 3.8) is 0 Å². The third-order valence-electron chi connectivity index (χ3n) is 2.84. The van der Waals surface area contributed by atoms with Crippen LogP contribution in [0.25, 0.3) is 0 Å². The molecule has 0 bridgehead atoms. The maximum atomic E-state index is 11.9. The third-order valence-corrected chi connectivity index (χ3v) is 2.84. The average molecular weight is 268 g/mol. The molecular weight excluding hydrogens is 248 g/mol. The van der Waals surface area contributed by atoms with Gasteiger partial charge in [0.1, 0.15) is 17.6 Å². The standard InChI is InChI=1S/C14H20O5/c1-4-5-8-11-10(7-6-9-15)12(13(16)19-11)14(17-2)18-3/h8-9,14H,4-7H2,1-3H3/b11-8-. The van der Waals surface area contributed by atoms with Crippen molar-refractivity contribution in [3.8, 4) is 0 Å². The number of ether oxygens (including phenoxy) is 3. The number of allylic oxidation sites excluding steroid dienone is 2. The van der Waals surface area contributed by atoms with Crippen LogP contribution in [0, 0.1) is 0 Å². The highest BCUT2D eigenvalue weighted by Crippen LogP contribution is 2.33. The largest absolute Gasteiger partial charge is 0.423 e. The van der Waals surface area contributed by atoms with E-state index in [4.69, 9.17) is 14.2 Å². The van der Waals surface area contributed by atoms with Gasteiger partial charge in [-0.2, -0.15) is 0 Å². The summed E-state index contributed by atoms with van der Waals surface area (Å²) >= 11 is 0. The van der Waals surface area contributed by atoms with Crippen molar-refractivity contribution in [3.05, 3.63) is 23.0 Å². The van der Waals surface area contributed by atoms with E-state index in [0.29, 0.717) is 29.7 Å². The summed E-state index contributed by atoms with van der Waals surface area (Å²) in [4.78, 5) is 22.5. The van der Waals surface area contributed by atoms with Gasteiger partial charge in [-0.15, -0.1) is 0 Å². The van der Waals surface area contributed by atoms with Crippen molar-refractivity contribution < 1.29 is 23.8 Å². The van der Waals surface area contributed by atoms with Crippen LogP contribution >= 0.6 is 0 Å². The molecule has 0 aromatic heterocycles. The van der Waals surface area contributed by atoms with E-state index in [1.54, 1.807) is 0 Å². The van der Waals surface area contributed by atoms with Gasteiger partial charge < -0.3 is 19.0 Å². The molecule has 1 heterocycles. The van der Waals surface area contributed by atoms with Crippen molar-refractivity contribution in [2.24, 2.45) is 0 Å². The monoisotopic (exact) mass is 268 g/mol. The molecule has 0 aliphatic carbocycles. The van der Waals surface area contributed by atoms with Gasteiger partial charge in [0.25, 0.3) is 0 Å². The summed E-state index contributed by atoms with van der Waals surface area (Å²) in [6.45, 7) is 2.04. The van der Waals surface area contributed by atoms with Gasteiger partial charge in [-0.1, -0.05) is 13.3 Å². The van der Waals surface area contributed by atoms with Crippen molar-refractivity contribution in [2.75, 3.05) is 14.2 Å². The molecule has 0 N–H and O–H groups in total. The number of methoxy groups -OCH3 is 2. The topological polar surface area (TPSA) is 61.8 Å². The molecule has 1 aliphatic heterocycles. The molecule has 0 aromatic rings. The Morgan fingerprint density at radius 2 is 1.95 bits per heavy atom. The van der Waals surface area contributed by atoms with Gasteiger partial charge in [0.05, 0.1) is 0 Å². The number of cyclic esters (lactones) is 1. The smallest absolute Gasteiger partial charge is 0.345 e. The first kappa shape index (κ1) is 15.6. The van der Waals surface area contributed by atoms with E-state index in [1.807, 2.05) is 13.0 Å². The lowest BCUT2D eigenvalue weighted by Crippen LogP contribution is -2.21. The molecule has 106 valence electrons. The van der Waals surface area contributed by atoms with E-state index in [-0.39, 0.29) is 0 Å². The summed E-state index contributed by atoms with van der Waals surface area (Å²) in [5.74, 6) is 0.0692. The molecule has 1 rings (SSSR count). The zero-order chi connectivity index (χ0) is 14.3. The zero-order valence-electron chi connectivity index (χ0n) is 11.6. The summed E-state index contributed by atoms with van der Waals surface area (Å²) in [6, 6.07) is 0. The Hall–Kier alpha value is -1.46. The van der Waals surface area contributed by atoms with Crippen LogP contribution in [0.5, 0.6) is 0 Å². The predicted octanol–water partition coefficient (Wildman–Crippen LogP) is 2.12. The van der Waals surface area contributed by atoms with Crippen LogP contribution in [0.3, 0.4) is 0 Å². The molecule has 0 spiro atoms. The van der Waals surface area contributed by atoms with Gasteiger partial charge in [0, 0.05) is 26.2 Å². The van der Waals surface area contributed by atoms with E-state index < -0.39 is 12.3 Å². The van der Waals surface area contributed by atoms with Crippen molar-refractivity contribution in [1.82, 2.24) is 0 Å². The highest BCUT2D eigenvalue weighted by atomic mass is 16.7. The fourth-order valence-corrected chi connectivity index (χ4v) is 1.94. The fraction of sp³-hybridized carbons (Fsp3) is 0.571. The molecule has 0 aromatic carbocycles. The number of rotatable bonds is 8. The van der Waals surface area contributed by atoms with Crippen LogP contribution < -0.4 is 0 Å². The van der Waals surface area contributed by atoms with Gasteiger partial charge >= 0.3 is 5.97 Å². The second-order valence-electron chi connectivity index (χ2n) is 4.15. The molecule has 0 unspecified atom stereocenters. The van der Waals surface area contributed by atoms with E-state index >= 15 is 0 Å². The number of unbranched alkanes of at least 4 members (excludes halogenated alkanes) is 1. The molecule has 0 atom stereocenters. The van der Waals surface area contributed by atoms with Crippen LogP contribution in [0.1, 0.15) is 32.6 Å². The first-order valence-electron chi connectivity index (χ1n) is 6.34. The highest BCUT2D eigenvalue weighted by Gasteiger charge is 2.34. The van der Waals surface area contributed by atoms with E-state index in [2.05, 4.69) is 0 Å². The second-order valence-corrected chi connectivity index (χ2v) is 4.15. The Labute approximate surface area is 113 Å². The summed E-state index contributed by atoms with van der Waals surface area (Å²) in [6.07, 6.45) is 4.47. The lowest BCUT2D eigenvalue weighted by molar-refractivity contribution is -0.139. The first-order valence-corrected chi connectivity index (χ1v) is 6.34. The minimum atomic E-state index is -0.762. The maximum Gasteiger partial charge on any atom is 0.345 e. The number of esters is 1. The van der Waals surface area contributed by atoms with E-state index in [0.717, 1.165) is 19.1 Å². The zero-order valence-corrected chi connectivity index (χ0v) is 11.6. The Morgan fingerprint density at radius 1 is 1.26 bits per heavy atom. The van der Waals surface area contributed by atoms with Crippen LogP contribution in [-0.4, -0.2) is 32.8 Å². The number of hydrogen-bond donors (Lipinski definition) is 0. The lowest BCUT2D eigenvalue weighted by Gasteiger charge is -2.13. The molecule has 1 aliphatic rings. The van der Waals surface area contributed by atoms with Crippen LogP contribution in [-0.2, 0) is 23.8 Å². The maximum absolute atomic E-state index is 11.9. The summed E-state index contributed by atoms with van der Waals surface area (Å²) < 4.78 is 15.5. The minimum Gasteiger partial charge on any atom is -0.423 e. The van der Waals surface area contributed by atoms with E-state index in [1.165, 1.54) is 14.2 Å². The van der Waals surface area contributed by atoms with Crippen molar-refractivity contribution in [2.45, 2.75) is 38.9 Å². The number of carbonyl (C=O) groups is 2. The average Bonchev–Trinajstić information content (AvgIpc) is 2.72. The van der Waals surface area contributed by atoms with E-state index in [9.17, 15) is 9.59 Å². The summed E-state index contributed by atoms with van der Waals surface area (Å²) in [5.41, 5.74) is 1.06. The Kier molecular flexibility index (Phi) is 6.45. The summed E-state index contributed by atoms with van der Waals surface area (Å²) in [5, 5.41) is 0. The first-order chi connectivity index (χ1) is 9.19. The van der Waals surface area contributed by atoms with Gasteiger partial charge in [-0.05, 0) is 18.9 Å². The van der Waals surface area contributed by atoms with Crippen LogP contribution in [0.4, 0.5) is 0 Å². The highest BCUT2D eigenvalue weighted by molar-refractivity contribution is 5.95. The second kappa shape index (κ2) is 7.86. The SMILES string of the molecule is CCC/C=C1\OC(=O)C(C(OC)OC)=C1CCC=O. The molecule has 0 radical (unpaired) electrons. The van der Waals surface area contributed by atoms with Crippen molar-refractivity contribution in [1.29, 1.82) is 0 Å². The molecule has 5 nitrogen and oxygen atoms in total. The molecule has 0 amide bonds. The van der Waals surface area contributed by atoms with Gasteiger partial charge in [0.15, 0.2) is 6.29 Å². The Bertz CT molecular complexity index is 391. The lowest BCUT2D eigenvalue weighted by atomic mass is 10.0. The van der Waals surface area contributed by atoms with Gasteiger partial charge in [-0.3, -0.25) is 0 Å². The Morgan fingerprint density at radius 3 is 2.47 bits per heavy atom. The third kappa shape index (κ3) is 3.75. The van der Waals surface area contributed by atoms with Crippen molar-refractivity contribution >= 4 is 12.3 Å². The number of hydrogen-bond acceptors (Lipinski definition) is 5. The molecule has 5 heteroatoms. The normalized spacial score (nSPS) is 17.5. The minimum absolute atomic E-state index is 0.332. The van der Waals surface area contributed by atoms with Crippen LogP contribution in [0.15, 0.2) is 23.0 Å². The molecule has 0 fully saturated rings. The van der Waals surface area contributed by atoms with Crippen LogP contribution in [0.2, 0.25) is 0 Å². The molecule has 19 heavy (non-hydrogen) atoms. The number of carbonyl (C=O) groups excluding carboxylic acids is 2. The predicted molar refractivity (Wildman–Crippen MR) is 69.2 cm³/mol. The molecule has 0 saturated carbocycles. The summed E-state index contributed by atoms with van der Waals surface area (Å²) in [7, 11) is 2.92. The number of aldehydes is 1.